The van der Waals surface area contributed by atoms with Crippen molar-refractivity contribution in [3.63, 3.8) is 0 Å². The van der Waals surface area contributed by atoms with Gasteiger partial charge in [-0.15, -0.1) is 0 Å². The summed E-state index contributed by atoms with van der Waals surface area (Å²) in [5.41, 5.74) is -0.337. The summed E-state index contributed by atoms with van der Waals surface area (Å²) in [6.45, 7) is 0. The van der Waals surface area contributed by atoms with E-state index in [2.05, 4.69) is 21.2 Å². The first-order valence-corrected chi connectivity index (χ1v) is 8.14. The van der Waals surface area contributed by atoms with Crippen LogP contribution in [0.1, 0.15) is 23.2 Å². The molecule has 0 saturated heterocycles. The van der Waals surface area contributed by atoms with Gasteiger partial charge in [0.2, 0.25) is 0 Å². The van der Waals surface area contributed by atoms with Crippen molar-refractivity contribution >= 4 is 41.6 Å². The Morgan fingerprint density at radius 1 is 1.44 bits per heavy atom. The van der Waals surface area contributed by atoms with Gasteiger partial charge in [-0.3, -0.25) is 4.79 Å². The van der Waals surface area contributed by atoms with E-state index in [0.29, 0.717) is 0 Å². The number of rotatable bonds is 3. The molecule has 98 valence electrons. The third-order valence-electron chi connectivity index (χ3n) is 2.42. The van der Waals surface area contributed by atoms with E-state index in [1.807, 2.05) is 0 Å². The topological polar surface area (TPSA) is 63.2 Å². The van der Waals surface area contributed by atoms with Crippen LogP contribution in [0.3, 0.4) is 0 Å². The zero-order chi connectivity index (χ0) is 13.5. The van der Waals surface area contributed by atoms with Crippen molar-refractivity contribution in [3.8, 4) is 0 Å². The first-order chi connectivity index (χ1) is 8.29. The minimum absolute atomic E-state index is 0.0481. The molecule has 0 heterocycles. The molecule has 1 amide bonds. The fourth-order valence-corrected chi connectivity index (χ4v) is 2.94. The Balaban J connectivity index is 2.47. The van der Waals surface area contributed by atoms with Crippen molar-refractivity contribution in [2.45, 2.75) is 23.8 Å². The lowest BCUT2D eigenvalue weighted by Gasteiger charge is -2.08. The van der Waals surface area contributed by atoms with Crippen LogP contribution in [0.15, 0.2) is 21.5 Å². The van der Waals surface area contributed by atoms with Crippen LogP contribution in [0.25, 0.3) is 0 Å². The summed E-state index contributed by atoms with van der Waals surface area (Å²) in [6.07, 6.45) is 1.70. The van der Waals surface area contributed by atoms with Gasteiger partial charge in [0.15, 0.2) is 5.82 Å². The minimum atomic E-state index is -4.24. The Morgan fingerprint density at radius 3 is 2.56 bits per heavy atom. The molecule has 2 rings (SSSR count). The molecule has 1 aliphatic carbocycles. The largest absolute Gasteiger partial charge is 0.349 e. The number of carbonyl (C=O) groups is 1. The van der Waals surface area contributed by atoms with E-state index in [4.69, 9.17) is 10.7 Å². The molecule has 0 atom stereocenters. The van der Waals surface area contributed by atoms with Gasteiger partial charge in [0.1, 0.15) is 4.90 Å². The monoisotopic (exact) mass is 355 g/mol. The SMILES string of the molecule is O=C(NC1CC1)c1cc(Br)cc(S(=O)(=O)Cl)c1F. The molecular formula is C10H8BrClFNO3S. The van der Waals surface area contributed by atoms with Crippen molar-refractivity contribution < 1.29 is 17.6 Å². The van der Waals surface area contributed by atoms with Gasteiger partial charge in [0.25, 0.3) is 15.0 Å². The fraction of sp³-hybridized carbons (Fsp3) is 0.300. The highest BCUT2D eigenvalue weighted by Gasteiger charge is 2.28. The molecule has 18 heavy (non-hydrogen) atoms. The van der Waals surface area contributed by atoms with Gasteiger partial charge in [-0.25, -0.2) is 12.8 Å². The number of hydrogen-bond donors (Lipinski definition) is 1. The van der Waals surface area contributed by atoms with E-state index in [9.17, 15) is 17.6 Å². The molecule has 1 aromatic rings. The molecule has 1 fully saturated rings. The Labute approximate surface area is 116 Å². The van der Waals surface area contributed by atoms with E-state index in [1.165, 1.54) is 6.07 Å². The molecule has 1 saturated carbocycles. The van der Waals surface area contributed by atoms with Crippen LogP contribution in [0.2, 0.25) is 0 Å². The summed E-state index contributed by atoms with van der Waals surface area (Å²) >= 11 is 3.02. The Bertz CT molecular complexity index is 616. The molecule has 0 bridgehead atoms. The molecule has 0 aliphatic heterocycles. The molecule has 1 aliphatic rings. The normalized spacial score (nSPS) is 15.5. The second-order valence-corrected chi connectivity index (χ2v) is 7.40. The number of halogens is 3. The van der Waals surface area contributed by atoms with E-state index in [-0.39, 0.29) is 16.1 Å². The Kier molecular flexibility index (Phi) is 3.66. The number of amides is 1. The molecular weight excluding hydrogens is 349 g/mol. The lowest BCUT2D eigenvalue weighted by molar-refractivity contribution is 0.0946. The van der Waals surface area contributed by atoms with Crippen molar-refractivity contribution in [1.29, 1.82) is 0 Å². The highest BCUT2D eigenvalue weighted by molar-refractivity contribution is 9.10. The third-order valence-corrected chi connectivity index (χ3v) is 4.20. The third kappa shape index (κ3) is 3.02. The van der Waals surface area contributed by atoms with Gasteiger partial charge in [0.05, 0.1) is 5.56 Å². The van der Waals surface area contributed by atoms with Gasteiger partial charge in [-0.2, -0.15) is 0 Å². The standard InChI is InChI=1S/C10H8BrClFNO3S/c11-5-3-7(10(15)14-6-1-2-6)9(13)8(4-5)18(12,16)17/h3-4,6H,1-2H2,(H,14,15). The van der Waals surface area contributed by atoms with Gasteiger partial charge >= 0.3 is 0 Å². The number of hydrogen-bond acceptors (Lipinski definition) is 3. The zero-order valence-corrected chi connectivity index (χ0v) is 12.1. The summed E-state index contributed by atoms with van der Waals surface area (Å²) in [6, 6.07) is 2.29. The smallest absolute Gasteiger partial charge is 0.264 e. The molecule has 0 aromatic heterocycles. The zero-order valence-electron chi connectivity index (χ0n) is 8.91. The molecule has 4 nitrogen and oxygen atoms in total. The van der Waals surface area contributed by atoms with E-state index < -0.39 is 25.7 Å². The molecule has 0 spiro atoms. The van der Waals surface area contributed by atoms with Crippen molar-refractivity contribution in [2.24, 2.45) is 0 Å². The fourth-order valence-electron chi connectivity index (χ4n) is 1.40. The summed E-state index contributed by atoms with van der Waals surface area (Å²) < 4.78 is 36.6. The van der Waals surface area contributed by atoms with E-state index in [0.717, 1.165) is 18.9 Å². The molecule has 1 aromatic carbocycles. The average molecular weight is 357 g/mol. The molecule has 8 heteroatoms. The lowest BCUT2D eigenvalue weighted by Crippen LogP contribution is -2.26. The number of carbonyl (C=O) groups excluding carboxylic acids is 1. The predicted molar refractivity (Wildman–Crippen MR) is 67.6 cm³/mol. The highest BCUT2D eigenvalue weighted by atomic mass is 79.9. The van der Waals surface area contributed by atoms with Gasteiger partial charge in [-0.05, 0) is 25.0 Å². The average Bonchev–Trinajstić information content (AvgIpc) is 3.03. The van der Waals surface area contributed by atoms with Crippen LogP contribution in [0.4, 0.5) is 4.39 Å². The lowest BCUT2D eigenvalue weighted by atomic mass is 10.2. The quantitative estimate of drug-likeness (QED) is 0.846. The van der Waals surface area contributed by atoms with E-state index >= 15 is 0 Å². The first-order valence-electron chi connectivity index (χ1n) is 5.03. The van der Waals surface area contributed by atoms with Gasteiger partial charge < -0.3 is 5.32 Å². The predicted octanol–water partition coefficient (Wildman–Crippen LogP) is 2.41. The van der Waals surface area contributed by atoms with Crippen LogP contribution >= 0.6 is 26.6 Å². The maximum absolute atomic E-state index is 13.9. The van der Waals surface area contributed by atoms with Crippen LogP contribution < -0.4 is 5.32 Å². The van der Waals surface area contributed by atoms with Gasteiger partial charge in [-0.1, -0.05) is 15.9 Å². The Hall–Kier alpha value is -0.660. The summed E-state index contributed by atoms with van der Waals surface area (Å²) in [5.74, 6) is -1.77. The van der Waals surface area contributed by atoms with Crippen LogP contribution in [0.5, 0.6) is 0 Å². The second kappa shape index (κ2) is 4.79. The number of nitrogens with one attached hydrogen (secondary N) is 1. The molecule has 0 unspecified atom stereocenters. The Morgan fingerprint density at radius 2 is 2.06 bits per heavy atom. The van der Waals surface area contributed by atoms with Gasteiger partial charge in [0, 0.05) is 21.2 Å². The van der Waals surface area contributed by atoms with Crippen LogP contribution in [0, 0.1) is 5.82 Å². The van der Waals surface area contributed by atoms with E-state index in [1.54, 1.807) is 0 Å². The first kappa shape index (κ1) is 13.8. The number of benzene rings is 1. The summed E-state index contributed by atoms with van der Waals surface area (Å²) in [7, 11) is 0.873. The highest BCUT2D eigenvalue weighted by Crippen LogP contribution is 2.27. The molecule has 0 radical (unpaired) electrons. The van der Waals surface area contributed by atoms with Crippen molar-refractivity contribution in [3.05, 3.63) is 28.0 Å². The van der Waals surface area contributed by atoms with Crippen molar-refractivity contribution in [2.75, 3.05) is 0 Å². The second-order valence-electron chi connectivity index (χ2n) is 3.95. The van der Waals surface area contributed by atoms with Crippen LogP contribution in [-0.4, -0.2) is 20.4 Å². The summed E-state index contributed by atoms with van der Waals surface area (Å²) in [5, 5.41) is 2.58. The minimum Gasteiger partial charge on any atom is -0.349 e. The summed E-state index contributed by atoms with van der Waals surface area (Å²) in [4.78, 5) is 11.0. The van der Waals surface area contributed by atoms with Crippen LogP contribution in [-0.2, 0) is 9.05 Å². The maximum Gasteiger partial charge on any atom is 0.264 e. The maximum atomic E-state index is 13.9. The molecule has 1 N–H and O–H groups in total. The van der Waals surface area contributed by atoms with Crippen molar-refractivity contribution in [1.82, 2.24) is 5.32 Å².